The number of rotatable bonds is 3. The van der Waals surface area contributed by atoms with E-state index in [0.29, 0.717) is 5.69 Å². The number of hydrogen-bond donors (Lipinski definition) is 2. The minimum atomic E-state index is -0.341. The summed E-state index contributed by atoms with van der Waals surface area (Å²) in [7, 11) is 0. The van der Waals surface area contributed by atoms with Crippen molar-refractivity contribution in [1.82, 2.24) is 15.2 Å². The van der Waals surface area contributed by atoms with E-state index in [1.807, 2.05) is 51.1 Å². The van der Waals surface area contributed by atoms with E-state index in [9.17, 15) is 4.79 Å². The van der Waals surface area contributed by atoms with Crippen LogP contribution in [0.25, 0.3) is 0 Å². The van der Waals surface area contributed by atoms with Gasteiger partial charge in [0, 0.05) is 5.41 Å². The van der Waals surface area contributed by atoms with Crippen LogP contribution in [0.5, 0.6) is 0 Å². The molecular formula is C14H17N5O. The zero-order valence-corrected chi connectivity index (χ0v) is 11.7. The number of benzene rings is 1. The normalized spacial score (nSPS) is 11.8. The van der Waals surface area contributed by atoms with Crippen LogP contribution in [0.2, 0.25) is 0 Å². The molecule has 0 fully saturated rings. The molecule has 0 amide bonds. The number of nitrogens with zero attached hydrogens (tertiary/aromatic N) is 3. The molecule has 0 atom stereocenters. The average molecular weight is 271 g/mol. The zero-order chi connectivity index (χ0) is 14.6. The highest BCUT2D eigenvalue weighted by molar-refractivity contribution is 5.79. The van der Waals surface area contributed by atoms with Gasteiger partial charge in [-0.15, -0.1) is 10.2 Å². The van der Waals surface area contributed by atoms with Crippen molar-refractivity contribution in [3.8, 4) is 0 Å². The van der Waals surface area contributed by atoms with Crippen molar-refractivity contribution in [2.75, 3.05) is 5.43 Å². The van der Waals surface area contributed by atoms with Gasteiger partial charge < -0.3 is 0 Å². The summed E-state index contributed by atoms with van der Waals surface area (Å²) in [6, 6.07) is 9.60. The Hall–Kier alpha value is -2.50. The third-order valence-electron chi connectivity index (χ3n) is 2.59. The molecule has 2 rings (SSSR count). The van der Waals surface area contributed by atoms with E-state index in [2.05, 4.69) is 25.7 Å². The van der Waals surface area contributed by atoms with Crippen LogP contribution in [0.15, 0.2) is 40.2 Å². The number of aromatic amines is 1. The minimum absolute atomic E-state index is 0.218. The molecule has 1 aromatic carbocycles. The molecule has 1 aromatic heterocycles. The Labute approximate surface area is 117 Å². The molecule has 104 valence electrons. The van der Waals surface area contributed by atoms with Crippen LogP contribution in [-0.4, -0.2) is 21.4 Å². The summed E-state index contributed by atoms with van der Waals surface area (Å²) in [6.07, 6.45) is 1.64. The Kier molecular flexibility index (Phi) is 3.93. The number of nitrogens with one attached hydrogen (secondary N) is 2. The van der Waals surface area contributed by atoms with Gasteiger partial charge in [0.15, 0.2) is 0 Å². The van der Waals surface area contributed by atoms with Crippen LogP contribution in [0, 0.1) is 0 Å². The molecule has 0 aliphatic rings. The Morgan fingerprint density at radius 2 is 1.90 bits per heavy atom. The Balaban J connectivity index is 2.10. The highest BCUT2D eigenvalue weighted by Crippen LogP contribution is 2.15. The molecule has 2 N–H and O–H groups in total. The topological polar surface area (TPSA) is 83.0 Å². The van der Waals surface area contributed by atoms with Crippen molar-refractivity contribution in [2.24, 2.45) is 5.10 Å². The first-order valence-corrected chi connectivity index (χ1v) is 6.28. The van der Waals surface area contributed by atoms with Gasteiger partial charge in [-0.05, 0) is 5.56 Å². The molecule has 1 heterocycles. The summed E-state index contributed by atoms with van der Waals surface area (Å²) in [5.41, 5.74) is 3.40. The van der Waals surface area contributed by atoms with Gasteiger partial charge in [-0.25, -0.2) is 5.43 Å². The molecule has 2 aromatic rings. The van der Waals surface area contributed by atoms with Crippen LogP contribution >= 0.6 is 0 Å². The lowest BCUT2D eigenvalue weighted by molar-refractivity contribution is 0.547. The molecule has 0 spiro atoms. The van der Waals surface area contributed by atoms with Crippen LogP contribution < -0.4 is 11.0 Å². The number of hydrogen-bond acceptors (Lipinski definition) is 5. The van der Waals surface area contributed by atoms with Crippen LogP contribution in [-0.2, 0) is 5.41 Å². The highest BCUT2D eigenvalue weighted by Gasteiger charge is 2.20. The second-order valence-electron chi connectivity index (χ2n) is 5.38. The predicted molar refractivity (Wildman–Crippen MR) is 79.0 cm³/mol. The van der Waals surface area contributed by atoms with E-state index in [4.69, 9.17) is 0 Å². The summed E-state index contributed by atoms with van der Waals surface area (Å²) >= 11 is 0. The molecule has 6 heteroatoms. The summed E-state index contributed by atoms with van der Waals surface area (Å²) < 4.78 is 0. The lowest BCUT2D eigenvalue weighted by atomic mass is 9.93. The van der Waals surface area contributed by atoms with Gasteiger partial charge in [-0.2, -0.15) is 5.10 Å². The highest BCUT2D eigenvalue weighted by atomic mass is 16.1. The maximum atomic E-state index is 11.9. The van der Waals surface area contributed by atoms with Crippen LogP contribution in [0.4, 0.5) is 5.95 Å². The summed E-state index contributed by atoms with van der Waals surface area (Å²) in [5.74, 6) is 0.218. The molecule has 0 saturated heterocycles. The zero-order valence-electron chi connectivity index (χ0n) is 11.7. The van der Waals surface area contributed by atoms with E-state index in [1.54, 1.807) is 6.21 Å². The standard InChI is InChI=1S/C14H17N5O/c1-14(2,3)11-12(20)16-13(19-17-11)18-15-9-10-7-5-4-6-8-10/h4-9H,1-3H3,(H2,16,18,19,20)/b15-9+. The fraction of sp³-hybridized carbons (Fsp3) is 0.286. The second kappa shape index (κ2) is 5.64. The maximum absolute atomic E-state index is 11.9. The van der Waals surface area contributed by atoms with Crippen molar-refractivity contribution < 1.29 is 0 Å². The molecule has 0 bridgehead atoms. The van der Waals surface area contributed by atoms with Gasteiger partial charge >= 0.3 is 0 Å². The minimum Gasteiger partial charge on any atom is -0.288 e. The SMILES string of the molecule is CC(C)(C)c1nnc(N/N=C/c2ccccc2)[nH]c1=O. The third-order valence-corrected chi connectivity index (χ3v) is 2.59. The number of hydrazone groups is 1. The van der Waals surface area contributed by atoms with E-state index in [1.165, 1.54) is 0 Å². The summed E-state index contributed by atoms with van der Waals surface area (Å²) in [6.45, 7) is 5.73. The average Bonchev–Trinajstić information content (AvgIpc) is 2.38. The van der Waals surface area contributed by atoms with Gasteiger partial charge in [0.25, 0.3) is 5.56 Å². The smallest absolute Gasteiger partial charge is 0.274 e. The van der Waals surface area contributed by atoms with Gasteiger partial charge in [-0.1, -0.05) is 51.1 Å². The molecule has 0 saturated carbocycles. The lowest BCUT2D eigenvalue weighted by Crippen LogP contribution is -2.28. The number of anilines is 1. The van der Waals surface area contributed by atoms with Crippen molar-refractivity contribution in [3.05, 3.63) is 51.9 Å². The van der Waals surface area contributed by atoms with Crippen molar-refractivity contribution in [3.63, 3.8) is 0 Å². The molecule has 20 heavy (non-hydrogen) atoms. The van der Waals surface area contributed by atoms with Gasteiger partial charge in [0.2, 0.25) is 5.95 Å². The largest absolute Gasteiger partial charge is 0.288 e. The first-order chi connectivity index (χ1) is 9.47. The van der Waals surface area contributed by atoms with Crippen molar-refractivity contribution in [2.45, 2.75) is 26.2 Å². The lowest BCUT2D eigenvalue weighted by Gasteiger charge is -2.15. The molecule has 0 aliphatic carbocycles. The van der Waals surface area contributed by atoms with E-state index in [-0.39, 0.29) is 16.9 Å². The molecule has 0 radical (unpaired) electrons. The first-order valence-electron chi connectivity index (χ1n) is 6.28. The van der Waals surface area contributed by atoms with Crippen molar-refractivity contribution in [1.29, 1.82) is 0 Å². The van der Waals surface area contributed by atoms with Crippen molar-refractivity contribution >= 4 is 12.2 Å². The Bertz CT molecular complexity index is 655. The Morgan fingerprint density at radius 3 is 2.50 bits per heavy atom. The fourth-order valence-corrected chi connectivity index (χ4v) is 1.59. The second-order valence-corrected chi connectivity index (χ2v) is 5.38. The van der Waals surface area contributed by atoms with Gasteiger partial charge in [0.05, 0.1) is 6.21 Å². The maximum Gasteiger partial charge on any atom is 0.274 e. The van der Waals surface area contributed by atoms with Crippen LogP contribution in [0.3, 0.4) is 0 Å². The van der Waals surface area contributed by atoms with E-state index in [0.717, 1.165) is 5.56 Å². The van der Waals surface area contributed by atoms with Gasteiger partial charge in [-0.3, -0.25) is 9.78 Å². The number of H-pyrrole nitrogens is 1. The van der Waals surface area contributed by atoms with Crippen LogP contribution in [0.1, 0.15) is 32.0 Å². The first kappa shape index (κ1) is 13.9. The summed E-state index contributed by atoms with van der Waals surface area (Å²) in [5, 5.41) is 11.8. The Morgan fingerprint density at radius 1 is 1.20 bits per heavy atom. The number of aromatic nitrogens is 3. The third kappa shape index (κ3) is 3.50. The molecule has 6 nitrogen and oxygen atoms in total. The fourth-order valence-electron chi connectivity index (χ4n) is 1.59. The molecular weight excluding hydrogens is 254 g/mol. The molecule has 0 aliphatic heterocycles. The van der Waals surface area contributed by atoms with E-state index >= 15 is 0 Å². The monoisotopic (exact) mass is 271 g/mol. The van der Waals surface area contributed by atoms with E-state index < -0.39 is 0 Å². The molecule has 0 unspecified atom stereocenters. The predicted octanol–water partition coefficient (Wildman–Crippen LogP) is 1.91. The summed E-state index contributed by atoms with van der Waals surface area (Å²) in [4.78, 5) is 14.5. The quantitative estimate of drug-likeness (QED) is 0.660. The van der Waals surface area contributed by atoms with Gasteiger partial charge in [0.1, 0.15) is 5.69 Å².